The molecule has 1 saturated heterocycles. The van der Waals surface area contributed by atoms with Crippen molar-refractivity contribution in [1.29, 1.82) is 0 Å². The minimum atomic E-state index is 0.302. The molecule has 2 rings (SSSR count). The fraction of sp³-hybridized carbons (Fsp3) is 0.700. The van der Waals surface area contributed by atoms with Crippen LogP contribution in [0.3, 0.4) is 0 Å². The van der Waals surface area contributed by atoms with Crippen LogP contribution in [-0.4, -0.2) is 49.2 Å². The molecule has 2 aliphatic rings. The number of rotatable bonds is 1. The molecule has 1 fully saturated rings. The van der Waals surface area contributed by atoms with E-state index in [9.17, 15) is 4.79 Å². The first-order chi connectivity index (χ1) is 6.79. The normalized spacial score (nSPS) is 21.4. The monoisotopic (exact) mass is 199 g/mol. The Morgan fingerprint density at radius 2 is 1.86 bits per heavy atom. The molecule has 1 heterocycles. The van der Waals surface area contributed by atoms with Crippen molar-refractivity contribution >= 4 is 5.78 Å². The van der Waals surface area contributed by atoms with Crippen LogP contribution < -0.4 is 0 Å². The highest BCUT2D eigenvalue weighted by Gasteiger charge is 2.28. The van der Waals surface area contributed by atoms with Crippen LogP contribution >= 0.6 is 0 Å². The Morgan fingerprint density at radius 3 is 2.29 bits per heavy atom. The molecule has 1 aliphatic heterocycles. The van der Waals surface area contributed by atoms with Crippen molar-refractivity contribution in [1.82, 2.24) is 4.90 Å². The molecular formula is C10H17NO3. The Kier molecular flexibility index (Phi) is 4.10. The number of hydrogen-bond donors (Lipinski definition) is 1. The highest BCUT2D eigenvalue weighted by atomic mass is 16.5. The second-order valence-corrected chi connectivity index (χ2v) is 3.27. The number of hydrogen-bond acceptors (Lipinski definition) is 4. The van der Waals surface area contributed by atoms with Gasteiger partial charge in [-0.15, -0.1) is 0 Å². The number of carbonyl (C=O) groups is 1. The lowest BCUT2D eigenvalue weighted by atomic mass is 9.93. The molecule has 0 bridgehead atoms. The van der Waals surface area contributed by atoms with Gasteiger partial charge in [-0.1, -0.05) is 0 Å². The Morgan fingerprint density at radius 1 is 1.29 bits per heavy atom. The molecule has 0 atom stereocenters. The summed E-state index contributed by atoms with van der Waals surface area (Å²) in [5.74, 6) is 0.302. The van der Waals surface area contributed by atoms with Crippen LogP contribution in [0.15, 0.2) is 11.3 Å². The van der Waals surface area contributed by atoms with E-state index in [1.807, 2.05) is 6.92 Å². The van der Waals surface area contributed by atoms with Gasteiger partial charge in [-0.25, -0.2) is 0 Å². The fourth-order valence-electron chi connectivity index (χ4n) is 1.65. The van der Waals surface area contributed by atoms with E-state index < -0.39 is 0 Å². The highest BCUT2D eigenvalue weighted by Crippen LogP contribution is 2.27. The zero-order valence-electron chi connectivity index (χ0n) is 8.75. The van der Waals surface area contributed by atoms with Gasteiger partial charge in [-0.2, -0.15) is 0 Å². The van der Waals surface area contributed by atoms with E-state index in [4.69, 9.17) is 9.84 Å². The van der Waals surface area contributed by atoms with Crippen molar-refractivity contribution in [3.63, 3.8) is 0 Å². The predicted molar refractivity (Wildman–Crippen MR) is 52.9 cm³/mol. The summed E-state index contributed by atoms with van der Waals surface area (Å²) in [5, 5.41) is 7.00. The Balaban J connectivity index is 0.000000461. The Labute approximate surface area is 84.2 Å². The van der Waals surface area contributed by atoms with Gasteiger partial charge in [-0.05, 0) is 6.92 Å². The molecule has 0 radical (unpaired) electrons. The molecule has 0 aromatic rings. The summed E-state index contributed by atoms with van der Waals surface area (Å²) >= 11 is 0. The largest absolute Gasteiger partial charge is 0.400 e. The quantitative estimate of drug-likeness (QED) is 0.654. The maximum absolute atomic E-state index is 11.0. The van der Waals surface area contributed by atoms with Crippen LogP contribution in [0.4, 0.5) is 0 Å². The number of morpholine rings is 1. The van der Waals surface area contributed by atoms with E-state index in [-0.39, 0.29) is 0 Å². The molecule has 4 nitrogen and oxygen atoms in total. The summed E-state index contributed by atoms with van der Waals surface area (Å²) in [7, 11) is 1.00. The van der Waals surface area contributed by atoms with E-state index in [0.29, 0.717) is 12.2 Å². The van der Waals surface area contributed by atoms with Crippen molar-refractivity contribution in [3.8, 4) is 0 Å². The van der Waals surface area contributed by atoms with Crippen LogP contribution in [0.25, 0.3) is 0 Å². The molecule has 0 spiro atoms. The summed E-state index contributed by atoms with van der Waals surface area (Å²) < 4.78 is 5.23. The van der Waals surface area contributed by atoms with E-state index in [1.165, 1.54) is 5.70 Å². The number of ketones is 1. The molecule has 0 saturated carbocycles. The standard InChI is InChI=1S/C9H13NO2.CH4O/c1-7-8(6-9(7)11)10-2-4-12-5-3-10;1-2/h2-6H2,1H3;2H,1H3. The molecule has 4 heteroatoms. The maximum Gasteiger partial charge on any atom is 0.166 e. The smallest absolute Gasteiger partial charge is 0.166 e. The van der Waals surface area contributed by atoms with E-state index >= 15 is 0 Å². The van der Waals surface area contributed by atoms with E-state index in [2.05, 4.69) is 4.90 Å². The maximum atomic E-state index is 11.0. The van der Waals surface area contributed by atoms with Crippen molar-refractivity contribution in [2.24, 2.45) is 0 Å². The zero-order chi connectivity index (χ0) is 10.6. The molecular weight excluding hydrogens is 182 g/mol. The lowest BCUT2D eigenvalue weighted by molar-refractivity contribution is -0.117. The summed E-state index contributed by atoms with van der Waals surface area (Å²) in [5.41, 5.74) is 2.19. The van der Waals surface area contributed by atoms with E-state index in [1.54, 1.807) is 0 Å². The van der Waals surface area contributed by atoms with Gasteiger partial charge < -0.3 is 14.7 Å². The molecule has 1 aliphatic carbocycles. The van der Waals surface area contributed by atoms with Crippen LogP contribution in [0.2, 0.25) is 0 Å². The van der Waals surface area contributed by atoms with E-state index in [0.717, 1.165) is 39.0 Å². The first kappa shape index (κ1) is 11.2. The Bertz CT molecular complexity index is 242. The number of Topliss-reactive ketones (excluding diaryl/α,β-unsaturated/α-hetero) is 1. The van der Waals surface area contributed by atoms with Gasteiger partial charge in [0.2, 0.25) is 0 Å². The van der Waals surface area contributed by atoms with Crippen LogP contribution in [0.1, 0.15) is 13.3 Å². The second-order valence-electron chi connectivity index (χ2n) is 3.27. The molecule has 0 unspecified atom stereocenters. The van der Waals surface area contributed by atoms with Crippen LogP contribution in [0.5, 0.6) is 0 Å². The van der Waals surface area contributed by atoms with Crippen LogP contribution in [0, 0.1) is 0 Å². The summed E-state index contributed by atoms with van der Waals surface area (Å²) in [6.45, 7) is 5.40. The van der Waals surface area contributed by atoms with Crippen molar-refractivity contribution in [3.05, 3.63) is 11.3 Å². The third kappa shape index (κ3) is 2.13. The molecule has 0 aromatic carbocycles. The minimum Gasteiger partial charge on any atom is -0.400 e. The van der Waals surface area contributed by atoms with Crippen molar-refractivity contribution in [2.75, 3.05) is 33.4 Å². The third-order valence-electron chi connectivity index (χ3n) is 2.57. The van der Waals surface area contributed by atoms with Gasteiger partial charge in [0, 0.05) is 31.5 Å². The number of allylic oxidation sites excluding steroid dienone is 2. The van der Waals surface area contributed by atoms with Crippen LogP contribution in [-0.2, 0) is 9.53 Å². The Hall–Kier alpha value is -0.870. The number of ether oxygens (including phenoxy) is 1. The first-order valence-corrected chi connectivity index (χ1v) is 4.79. The SMILES string of the molecule is CC1=C(N2CCOCC2)CC1=O.CO. The number of nitrogens with zero attached hydrogens (tertiary/aromatic N) is 1. The minimum absolute atomic E-state index is 0.302. The molecule has 1 N–H and O–H groups in total. The zero-order valence-corrected chi connectivity index (χ0v) is 8.75. The van der Waals surface area contributed by atoms with Gasteiger partial charge in [0.05, 0.1) is 19.6 Å². The van der Waals surface area contributed by atoms with Gasteiger partial charge in [0.1, 0.15) is 0 Å². The molecule has 80 valence electrons. The van der Waals surface area contributed by atoms with Gasteiger partial charge in [-0.3, -0.25) is 4.79 Å². The van der Waals surface area contributed by atoms with Gasteiger partial charge in [0.15, 0.2) is 5.78 Å². The second kappa shape index (κ2) is 5.12. The van der Waals surface area contributed by atoms with Crippen molar-refractivity contribution in [2.45, 2.75) is 13.3 Å². The van der Waals surface area contributed by atoms with Crippen molar-refractivity contribution < 1.29 is 14.6 Å². The lowest BCUT2D eigenvalue weighted by Gasteiger charge is -2.35. The summed E-state index contributed by atoms with van der Waals surface area (Å²) in [6.07, 6.45) is 0.645. The topological polar surface area (TPSA) is 49.8 Å². The number of aliphatic hydroxyl groups excluding tert-OH is 1. The predicted octanol–water partition coefficient (Wildman–Crippen LogP) is 0.174. The molecule has 14 heavy (non-hydrogen) atoms. The van der Waals surface area contributed by atoms with Gasteiger partial charge >= 0.3 is 0 Å². The average molecular weight is 199 g/mol. The number of aliphatic hydroxyl groups is 1. The summed E-state index contributed by atoms with van der Waals surface area (Å²) in [6, 6.07) is 0. The lowest BCUT2D eigenvalue weighted by Crippen LogP contribution is -2.40. The highest BCUT2D eigenvalue weighted by molar-refractivity contribution is 6.03. The molecule has 0 amide bonds. The first-order valence-electron chi connectivity index (χ1n) is 4.79. The average Bonchev–Trinajstić information content (AvgIpc) is 2.29. The van der Waals surface area contributed by atoms with Gasteiger partial charge in [0.25, 0.3) is 0 Å². The summed E-state index contributed by atoms with van der Waals surface area (Å²) in [4.78, 5) is 13.2. The number of carbonyl (C=O) groups excluding carboxylic acids is 1. The molecule has 0 aromatic heterocycles. The third-order valence-corrected chi connectivity index (χ3v) is 2.57. The fourth-order valence-corrected chi connectivity index (χ4v) is 1.65.